The molecule has 12 heavy (non-hydrogen) atoms. The van der Waals surface area contributed by atoms with E-state index in [4.69, 9.17) is 0 Å². The van der Waals surface area contributed by atoms with Gasteiger partial charge in [0, 0.05) is 13.1 Å². The van der Waals surface area contributed by atoms with Crippen molar-refractivity contribution in [3.05, 3.63) is 0 Å². The molecule has 0 spiro atoms. The predicted octanol–water partition coefficient (Wildman–Crippen LogP) is -1.45. The van der Waals surface area contributed by atoms with E-state index in [0.717, 1.165) is 13.1 Å². The molecular weight excluding hydrogens is 158 g/mol. The third kappa shape index (κ3) is 1.15. The molecule has 2 aliphatic rings. The molecule has 2 aliphatic heterocycles. The van der Waals surface area contributed by atoms with Gasteiger partial charge >= 0.3 is 0 Å². The van der Waals surface area contributed by atoms with Gasteiger partial charge in [-0.05, 0) is 12.8 Å². The standard InChI is InChI=1S/C8H15NO3/c10-5-1-3-9-4-2-6(11)8(12)7(5)9/h5-8,10-12H,1-4H2/t5-,6-,7-,8-/m1/s1. The second-order valence-corrected chi connectivity index (χ2v) is 3.73. The Balaban J connectivity index is 2.11. The lowest BCUT2D eigenvalue weighted by Gasteiger charge is -2.37. The summed E-state index contributed by atoms with van der Waals surface area (Å²) in [5, 5.41) is 28.4. The molecule has 70 valence electrons. The molecule has 2 saturated heterocycles. The second-order valence-electron chi connectivity index (χ2n) is 3.73. The normalized spacial score (nSPS) is 49.2. The molecule has 4 nitrogen and oxygen atoms in total. The zero-order chi connectivity index (χ0) is 8.72. The fraction of sp³-hybridized carbons (Fsp3) is 1.00. The Hall–Kier alpha value is -0.160. The number of hydrogen-bond acceptors (Lipinski definition) is 4. The van der Waals surface area contributed by atoms with Crippen molar-refractivity contribution in [3.8, 4) is 0 Å². The zero-order valence-corrected chi connectivity index (χ0v) is 6.93. The van der Waals surface area contributed by atoms with Crippen LogP contribution in [0.25, 0.3) is 0 Å². The smallest absolute Gasteiger partial charge is 0.0979 e. The number of nitrogens with zero attached hydrogens (tertiary/aromatic N) is 1. The van der Waals surface area contributed by atoms with Gasteiger partial charge in [0.15, 0.2) is 0 Å². The minimum atomic E-state index is -0.767. The Labute approximate surface area is 71.4 Å². The summed E-state index contributed by atoms with van der Waals surface area (Å²) < 4.78 is 0. The van der Waals surface area contributed by atoms with Gasteiger partial charge in [-0.1, -0.05) is 0 Å². The van der Waals surface area contributed by atoms with Crippen LogP contribution in [0.2, 0.25) is 0 Å². The van der Waals surface area contributed by atoms with E-state index in [0.29, 0.717) is 12.8 Å². The first-order valence-electron chi connectivity index (χ1n) is 4.48. The quantitative estimate of drug-likeness (QED) is 0.419. The highest BCUT2D eigenvalue weighted by atomic mass is 16.3. The highest BCUT2D eigenvalue weighted by Gasteiger charge is 2.43. The van der Waals surface area contributed by atoms with Crippen LogP contribution in [-0.2, 0) is 0 Å². The molecule has 3 N–H and O–H groups in total. The van der Waals surface area contributed by atoms with Crippen molar-refractivity contribution in [1.29, 1.82) is 0 Å². The first-order valence-corrected chi connectivity index (χ1v) is 4.48. The molecule has 0 unspecified atom stereocenters. The van der Waals surface area contributed by atoms with Gasteiger partial charge in [-0.3, -0.25) is 4.90 Å². The summed E-state index contributed by atoms with van der Waals surface area (Å²) in [7, 11) is 0. The topological polar surface area (TPSA) is 63.9 Å². The number of rotatable bonds is 0. The molecule has 2 heterocycles. The number of aliphatic hydroxyl groups is 3. The van der Waals surface area contributed by atoms with Crippen LogP contribution in [0.15, 0.2) is 0 Å². The molecule has 2 fully saturated rings. The average Bonchev–Trinajstić information content (AvgIpc) is 2.41. The van der Waals surface area contributed by atoms with E-state index in [1.54, 1.807) is 0 Å². The van der Waals surface area contributed by atoms with Gasteiger partial charge in [-0.25, -0.2) is 0 Å². The Morgan fingerprint density at radius 2 is 1.50 bits per heavy atom. The van der Waals surface area contributed by atoms with Gasteiger partial charge in [0.2, 0.25) is 0 Å². The molecule has 4 heteroatoms. The maximum Gasteiger partial charge on any atom is 0.0979 e. The minimum absolute atomic E-state index is 0.228. The highest BCUT2D eigenvalue weighted by Crippen LogP contribution is 2.27. The fourth-order valence-corrected chi connectivity index (χ4v) is 2.26. The summed E-state index contributed by atoms with van der Waals surface area (Å²) in [6.07, 6.45) is -0.552. The summed E-state index contributed by atoms with van der Waals surface area (Å²) in [5.41, 5.74) is 0. The van der Waals surface area contributed by atoms with Gasteiger partial charge in [0.1, 0.15) is 0 Å². The van der Waals surface area contributed by atoms with E-state index in [9.17, 15) is 15.3 Å². The minimum Gasteiger partial charge on any atom is -0.391 e. The largest absolute Gasteiger partial charge is 0.391 e. The Morgan fingerprint density at radius 1 is 0.917 bits per heavy atom. The Bertz CT molecular complexity index is 176. The van der Waals surface area contributed by atoms with Gasteiger partial charge in [0.05, 0.1) is 24.4 Å². The van der Waals surface area contributed by atoms with E-state index in [2.05, 4.69) is 4.90 Å². The molecule has 0 aromatic heterocycles. The van der Waals surface area contributed by atoms with Crippen molar-refractivity contribution in [2.45, 2.75) is 37.2 Å². The number of piperidine rings is 1. The van der Waals surface area contributed by atoms with Crippen LogP contribution >= 0.6 is 0 Å². The lowest BCUT2D eigenvalue weighted by molar-refractivity contribution is -0.0861. The SMILES string of the molecule is O[C@H]1[C@H]2[C@H](O)CCN2CC[C@H]1O. The number of hydrogen-bond donors (Lipinski definition) is 3. The molecule has 0 radical (unpaired) electrons. The number of fused-ring (bicyclic) bond motifs is 1. The monoisotopic (exact) mass is 173 g/mol. The molecule has 4 atom stereocenters. The summed E-state index contributed by atoms with van der Waals surface area (Å²) in [6.45, 7) is 1.63. The third-order valence-corrected chi connectivity index (χ3v) is 2.98. The van der Waals surface area contributed by atoms with Crippen LogP contribution in [-0.4, -0.2) is 57.7 Å². The van der Waals surface area contributed by atoms with Crippen molar-refractivity contribution in [1.82, 2.24) is 4.90 Å². The second kappa shape index (κ2) is 2.96. The van der Waals surface area contributed by atoms with Crippen molar-refractivity contribution >= 4 is 0 Å². The molecule has 0 aromatic rings. The highest BCUT2D eigenvalue weighted by molar-refractivity contribution is 4.98. The first kappa shape index (κ1) is 8.44. The predicted molar refractivity (Wildman–Crippen MR) is 42.6 cm³/mol. The van der Waals surface area contributed by atoms with E-state index in [1.807, 2.05) is 0 Å². The van der Waals surface area contributed by atoms with Crippen LogP contribution in [0, 0.1) is 0 Å². The molecule has 0 amide bonds. The van der Waals surface area contributed by atoms with Crippen molar-refractivity contribution < 1.29 is 15.3 Å². The van der Waals surface area contributed by atoms with Crippen molar-refractivity contribution in [2.75, 3.05) is 13.1 Å². The lowest BCUT2D eigenvalue weighted by atomic mass is 9.95. The summed E-state index contributed by atoms with van der Waals surface area (Å²) in [4.78, 5) is 2.06. The molecule has 0 bridgehead atoms. The van der Waals surface area contributed by atoms with Crippen LogP contribution in [0.5, 0.6) is 0 Å². The van der Waals surface area contributed by atoms with E-state index in [1.165, 1.54) is 0 Å². The van der Waals surface area contributed by atoms with Crippen molar-refractivity contribution in [2.24, 2.45) is 0 Å². The summed E-state index contributed by atoms with van der Waals surface area (Å²) in [6, 6.07) is -0.228. The Morgan fingerprint density at radius 3 is 2.17 bits per heavy atom. The maximum atomic E-state index is 9.57. The average molecular weight is 173 g/mol. The Kier molecular flexibility index (Phi) is 2.08. The molecular formula is C8H15NO3. The molecule has 0 aliphatic carbocycles. The maximum absolute atomic E-state index is 9.57. The van der Waals surface area contributed by atoms with Crippen LogP contribution in [0.1, 0.15) is 12.8 Å². The van der Waals surface area contributed by atoms with Crippen LogP contribution < -0.4 is 0 Å². The van der Waals surface area contributed by atoms with Crippen molar-refractivity contribution in [3.63, 3.8) is 0 Å². The van der Waals surface area contributed by atoms with Gasteiger partial charge in [-0.15, -0.1) is 0 Å². The molecule has 0 saturated carbocycles. The zero-order valence-electron chi connectivity index (χ0n) is 6.93. The molecule has 2 rings (SSSR count). The summed E-state index contributed by atoms with van der Waals surface area (Å²) in [5.74, 6) is 0. The van der Waals surface area contributed by atoms with Gasteiger partial charge in [-0.2, -0.15) is 0 Å². The van der Waals surface area contributed by atoms with E-state index < -0.39 is 18.3 Å². The van der Waals surface area contributed by atoms with Gasteiger partial charge < -0.3 is 15.3 Å². The van der Waals surface area contributed by atoms with E-state index >= 15 is 0 Å². The third-order valence-electron chi connectivity index (χ3n) is 2.98. The van der Waals surface area contributed by atoms with E-state index in [-0.39, 0.29) is 6.04 Å². The lowest BCUT2D eigenvalue weighted by Crippen LogP contribution is -2.55. The fourth-order valence-electron chi connectivity index (χ4n) is 2.26. The first-order chi connectivity index (χ1) is 5.70. The number of aliphatic hydroxyl groups excluding tert-OH is 3. The van der Waals surface area contributed by atoms with Crippen LogP contribution in [0.4, 0.5) is 0 Å². The van der Waals surface area contributed by atoms with Crippen LogP contribution in [0.3, 0.4) is 0 Å². The summed E-state index contributed by atoms with van der Waals surface area (Å²) >= 11 is 0. The molecule has 0 aromatic carbocycles. The van der Waals surface area contributed by atoms with Gasteiger partial charge in [0.25, 0.3) is 0 Å².